The predicted octanol–water partition coefficient (Wildman–Crippen LogP) is 14.0. The minimum absolute atomic E-state index is 0.901. The van der Waals surface area contributed by atoms with E-state index in [0.29, 0.717) is 0 Å². The van der Waals surface area contributed by atoms with Crippen LogP contribution in [0.15, 0.2) is 199 Å². The van der Waals surface area contributed by atoms with E-state index in [1.165, 1.54) is 44.2 Å². The molecule has 0 saturated carbocycles. The van der Waals surface area contributed by atoms with Crippen molar-refractivity contribution in [2.45, 2.75) is 6.92 Å². The van der Waals surface area contributed by atoms with E-state index in [1.54, 1.807) is 0 Å². The van der Waals surface area contributed by atoms with Crippen LogP contribution in [0.25, 0.3) is 66.4 Å². The third kappa shape index (κ3) is 5.77. The van der Waals surface area contributed by atoms with Gasteiger partial charge in [0.25, 0.3) is 0 Å². The summed E-state index contributed by atoms with van der Waals surface area (Å²) in [5.74, 6) is 0.901. The van der Waals surface area contributed by atoms with Gasteiger partial charge in [-0.25, -0.2) is 0 Å². The van der Waals surface area contributed by atoms with Crippen LogP contribution in [-0.2, 0) is 0 Å². The zero-order valence-electron chi connectivity index (χ0n) is 28.3. The van der Waals surface area contributed by atoms with E-state index in [2.05, 4.69) is 194 Å². The molecule has 8 aromatic carbocycles. The number of hydrogen-bond acceptors (Lipinski definition) is 2. The van der Waals surface area contributed by atoms with Crippen LogP contribution in [0, 0.1) is 6.92 Å². The standard InChI is InChI=1S/C49H35NO/c1-34-45-17-7-8-20-48(45)51-49(34)41-15-9-16-44(33-41)50(43-31-27-40(28-32-43)47-19-10-14-39-13-5-6-18-46(39)47)42-29-25-38(26-30-42)37-23-21-36(22-24-37)35-11-3-2-4-12-35/h2-33H,1H3. The van der Waals surface area contributed by atoms with Crippen LogP contribution in [0.4, 0.5) is 17.1 Å². The van der Waals surface area contributed by atoms with E-state index < -0.39 is 0 Å². The number of benzene rings is 8. The molecule has 0 fully saturated rings. The molecule has 0 unspecified atom stereocenters. The largest absolute Gasteiger partial charge is 0.456 e. The van der Waals surface area contributed by atoms with Gasteiger partial charge < -0.3 is 9.32 Å². The van der Waals surface area contributed by atoms with Gasteiger partial charge in [-0.3, -0.25) is 0 Å². The lowest BCUT2D eigenvalue weighted by Gasteiger charge is -2.26. The molecule has 0 aliphatic rings. The minimum Gasteiger partial charge on any atom is -0.456 e. The lowest BCUT2D eigenvalue weighted by atomic mass is 9.98. The quantitative estimate of drug-likeness (QED) is 0.170. The van der Waals surface area contributed by atoms with Gasteiger partial charge in [0.2, 0.25) is 0 Å². The summed E-state index contributed by atoms with van der Waals surface area (Å²) in [6, 6.07) is 69.2. The monoisotopic (exact) mass is 653 g/mol. The fraction of sp³-hybridized carbons (Fsp3) is 0.0204. The van der Waals surface area contributed by atoms with Gasteiger partial charge in [0, 0.05) is 33.6 Å². The van der Waals surface area contributed by atoms with Crippen molar-refractivity contribution >= 4 is 38.8 Å². The van der Waals surface area contributed by atoms with Gasteiger partial charge in [0.15, 0.2) is 0 Å². The topological polar surface area (TPSA) is 16.4 Å². The number of furan rings is 1. The summed E-state index contributed by atoms with van der Waals surface area (Å²) in [5.41, 5.74) is 13.6. The smallest absolute Gasteiger partial charge is 0.138 e. The molecule has 0 atom stereocenters. The Morgan fingerprint density at radius 2 is 0.882 bits per heavy atom. The van der Waals surface area contributed by atoms with Gasteiger partial charge in [-0.15, -0.1) is 0 Å². The van der Waals surface area contributed by atoms with Crippen molar-refractivity contribution < 1.29 is 4.42 Å². The van der Waals surface area contributed by atoms with Gasteiger partial charge in [-0.05, 0) is 93.5 Å². The molecule has 9 aromatic rings. The van der Waals surface area contributed by atoms with Crippen LogP contribution in [0.5, 0.6) is 0 Å². The molecular formula is C49H35NO. The molecule has 242 valence electrons. The molecule has 2 nitrogen and oxygen atoms in total. The summed E-state index contributed by atoms with van der Waals surface area (Å²) in [6.07, 6.45) is 0. The van der Waals surface area contributed by atoms with Crippen molar-refractivity contribution in [3.8, 4) is 44.7 Å². The number of fused-ring (bicyclic) bond motifs is 2. The summed E-state index contributed by atoms with van der Waals surface area (Å²) in [6.45, 7) is 2.14. The fourth-order valence-electron chi connectivity index (χ4n) is 7.24. The Morgan fingerprint density at radius 3 is 1.57 bits per heavy atom. The van der Waals surface area contributed by atoms with Crippen molar-refractivity contribution in [3.63, 3.8) is 0 Å². The second kappa shape index (κ2) is 13.0. The first kappa shape index (κ1) is 30.4. The van der Waals surface area contributed by atoms with Crippen molar-refractivity contribution in [1.29, 1.82) is 0 Å². The highest BCUT2D eigenvalue weighted by Gasteiger charge is 2.17. The van der Waals surface area contributed by atoms with E-state index in [1.807, 2.05) is 12.1 Å². The number of anilines is 3. The van der Waals surface area contributed by atoms with Gasteiger partial charge >= 0.3 is 0 Å². The number of para-hydroxylation sites is 1. The van der Waals surface area contributed by atoms with Crippen LogP contribution in [-0.4, -0.2) is 0 Å². The molecule has 1 heterocycles. The summed E-state index contributed by atoms with van der Waals surface area (Å²) in [5, 5.41) is 3.64. The van der Waals surface area contributed by atoms with Gasteiger partial charge in [-0.1, -0.05) is 152 Å². The fourth-order valence-corrected chi connectivity index (χ4v) is 7.24. The Labute approximate surface area is 298 Å². The highest BCUT2D eigenvalue weighted by molar-refractivity contribution is 5.97. The van der Waals surface area contributed by atoms with Crippen molar-refractivity contribution in [2.24, 2.45) is 0 Å². The third-order valence-electron chi connectivity index (χ3n) is 9.89. The summed E-state index contributed by atoms with van der Waals surface area (Å²) < 4.78 is 6.41. The SMILES string of the molecule is Cc1c(-c2cccc(N(c3ccc(-c4ccc(-c5ccccc5)cc4)cc3)c3ccc(-c4cccc5ccccc45)cc3)c2)oc2ccccc12. The molecule has 0 aliphatic carbocycles. The number of hydrogen-bond donors (Lipinski definition) is 0. The molecule has 0 radical (unpaired) electrons. The Kier molecular flexibility index (Phi) is 7.75. The molecule has 0 amide bonds. The highest BCUT2D eigenvalue weighted by atomic mass is 16.3. The number of aryl methyl sites for hydroxylation is 1. The normalized spacial score (nSPS) is 11.2. The van der Waals surface area contributed by atoms with E-state index in [4.69, 9.17) is 4.42 Å². The van der Waals surface area contributed by atoms with E-state index in [9.17, 15) is 0 Å². The van der Waals surface area contributed by atoms with E-state index in [0.717, 1.165) is 44.9 Å². The second-order valence-electron chi connectivity index (χ2n) is 13.0. The van der Waals surface area contributed by atoms with Crippen molar-refractivity contribution in [2.75, 3.05) is 4.90 Å². The number of nitrogens with zero attached hydrogens (tertiary/aromatic N) is 1. The lowest BCUT2D eigenvalue weighted by Crippen LogP contribution is -2.10. The van der Waals surface area contributed by atoms with Crippen LogP contribution in [0.2, 0.25) is 0 Å². The van der Waals surface area contributed by atoms with Crippen molar-refractivity contribution in [1.82, 2.24) is 0 Å². The first-order valence-corrected chi connectivity index (χ1v) is 17.4. The summed E-state index contributed by atoms with van der Waals surface area (Å²) in [7, 11) is 0. The number of rotatable bonds is 7. The Bertz CT molecular complexity index is 2610. The van der Waals surface area contributed by atoms with E-state index in [-0.39, 0.29) is 0 Å². The summed E-state index contributed by atoms with van der Waals surface area (Å²) >= 11 is 0. The molecule has 51 heavy (non-hydrogen) atoms. The Hall–Kier alpha value is -6.64. The molecule has 0 bridgehead atoms. The summed E-state index contributed by atoms with van der Waals surface area (Å²) in [4.78, 5) is 2.33. The minimum atomic E-state index is 0.901. The molecule has 0 spiro atoms. The maximum absolute atomic E-state index is 6.41. The average molecular weight is 654 g/mol. The average Bonchev–Trinajstić information content (AvgIpc) is 3.55. The first-order valence-electron chi connectivity index (χ1n) is 17.4. The molecule has 1 aromatic heterocycles. The molecule has 0 saturated heterocycles. The molecule has 9 rings (SSSR count). The molecular weight excluding hydrogens is 619 g/mol. The second-order valence-corrected chi connectivity index (χ2v) is 13.0. The van der Waals surface area contributed by atoms with Crippen LogP contribution in [0.3, 0.4) is 0 Å². The van der Waals surface area contributed by atoms with Gasteiger partial charge in [0.05, 0.1) is 0 Å². The lowest BCUT2D eigenvalue weighted by molar-refractivity contribution is 0.629. The van der Waals surface area contributed by atoms with Gasteiger partial charge in [-0.2, -0.15) is 0 Å². The van der Waals surface area contributed by atoms with Crippen molar-refractivity contribution in [3.05, 3.63) is 200 Å². The Balaban J connectivity index is 1.11. The van der Waals surface area contributed by atoms with E-state index >= 15 is 0 Å². The van der Waals surface area contributed by atoms with Gasteiger partial charge in [0.1, 0.15) is 11.3 Å². The van der Waals surface area contributed by atoms with Crippen LogP contribution < -0.4 is 4.90 Å². The predicted molar refractivity (Wildman–Crippen MR) is 215 cm³/mol. The molecule has 0 N–H and O–H groups in total. The third-order valence-corrected chi connectivity index (χ3v) is 9.89. The molecule has 2 heteroatoms. The maximum atomic E-state index is 6.41. The first-order chi connectivity index (χ1) is 25.2. The zero-order chi connectivity index (χ0) is 34.1. The Morgan fingerprint density at radius 1 is 0.373 bits per heavy atom. The van der Waals surface area contributed by atoms with Crippen LogP contribution in [0.1, 0.15) is 5.56 Å². The highest BCUT2D eigenvalue weighted by Crippen LogP contribution is 2.41. The maximum Gasteiger partial charge on any atom is 0.138 e. The van der Waals surface area contributed by atoms with Crippen LogP contribution >= 0.6 is 0 Å². The molecule has 0 aliphatic heterocycles. The zero-order valence-corrected chi connectivity index (χ0v) is 28.3.